The number of rotatable bonds is 5. The smallest absolute Gasteiger partial charge is 0.323 e. The summed E-state index contributed by atoms with van der Waals surface area (Å²) in [7, 11) is 0. The first-order valence-electron chi connectivity index (χ1n) is 9.05. The molecule has 2 aromatic carbocycles. The molecule has 0 unspecified atom stereocenters. The summed E-state index contributed by atoms with van der Waals surface area (Å²) < 4.78 is 11.0. The van der Waals surface area contributed by atoms with Gasteiger partial charge in [-0.05, 0) is 61.4 Å². The molecule has 1 aliphatic heterocycles. The number of esters is 2. The fraction of sp³-hybridized carbons (Fsp3) is 0.273. The lowest BCUT2D eigenvalue weighted by atomic mass is 9.67. The molecule has 6 heteroatoms. The van der Waals surface area contributed by atoms with E-state index in [2.05, 4.69) is 0 Å². The van der Waals surface area contributed by atoms with Crippen molar-refractivity contribution in [3.63, 3.8) is 0 Å². The van der Waals surface area contributed by atoms with Gasteiger partial charge in [0.05, 0.1) is 12.5 Å². The summed E-state index contributed by atoms with van der Waals surface area (Å²) in [6, 6.07) is 13.8. The van der Waals surface area contributed by atoms with Crippen LogP contribution in [-0.4, -0.2) is 18.5 Å². The molecule has 2 atom stereocenters. The van der Waals surface area contributed by atoms with Crippen molar-refractivity contribution in [1.29, 1.82) is 0 Å². The van der Waals surface area contributed by atoms with Crippen molar-refractivity contribution < 1.29 is 19.1 Å². The second-order valence-corrected chi connectivity index (χ2v) is 7.36. The second kappa shape index (κ2) is 8.38. The van der Waals surface area contributed by atoms with Crippen LogP contribution in [0.2, 0.25) is 10.0 Å². The Balaban J connectivity index is 2.15. The lowest BCUT2D eigenvalue weighted by Crippen LogP contribution is -2.49. The largest absolute Gasteiger partial charge is 0.465 e. The standard InChI is InChI=1S/C22H20Cl2O4/c1-3-22(15-7-11-17(24)12-8-15)18(20(25)27-4-2)13-19(28-21(22)26)14-5-9-16(23)10-6-14/h5-13,18H,3-4H2,1-2H3/t18-,22+/m1/s1. The maximum absolute atomic E-state index is 13.3. The first-order valence-corrected chi connectivity index (χ1v) is 9.80. The minimum atomic E-state index is -1.19. The summed E-state index contributed by atoms with van der Waals surface area (Å²) in [6.45, 7) is 3.80. The zero-order chi connectivity index (χ0) is 20.3. The van der Waals surface area contributed by atoms with E-state index in [1.165, 1.54) is 0 Å². The lowest BCUT2D eigenvalue weighted by Gasteiger charge is -2.39. The van der Waals surface area contributed by atoms with Gasteiger partial charge in [0.1, 0.15) is 11.2 Å². The van der Waals surface area contributed by atoms with Crippen molar-refractivity contribution in [2.24, 2.45) is 5.92 Å². The minimum Gasteiger partial charge on any atom is -0.465 e. The van der Waals surface area contributed by atoms with Gasteiger partial charge < -0.3 is 9.47 Å². The summed E-state index contributed by atoms with van der Waals surface area (Å²) in [5.41, 5.74) is 0.133. The maximum atomic E-state index is 13.3. The van der Waals surface area contributed by atoms with Crippen LogP contribution in [0.1, 0.15) is 31.4 Å². The fourth-order valence-corrected chi connectivity index (χ4v) is 3.78. The quantitative estimate of drug-likeness (QED) is 0.608. The summed E-state index contributed by atoms with van der Waals surface area (Å²) in [5, 5.41) is 1.11. The third-order valence-corrected chi connectivity index (χ3v) is 5.51. The molecular weight excluding hydrogens is 399 g/mol. The zero-order valence-corrected chi connectivity index (χ0v) is 17.1. The number of ether oxygens (including phenoxy) is 2. The average molecular weight is 419 g/mol. The zero-order valence-electron chi connectivity index (χ0n) is 15.6. The van der Waals surface area contributed by atoms with E-state index in [0.29, 0.717) is 33.4 Å². The molecule has 0 saturated carbocycles. The average Bonchev–Trinajstić information content (AvgIpc) is 2.69. The molecule has 0 radical (unpaired) electrons. The highest BCUT2D eigenvalue weighted by Crippen LogP contribution is 2.44. The Labute approximate surface area is 174 Å². The van der Waals surface area contributed by atoms with Crippen molar-refractivity contribution in [3.05, 3.63) is 75.8 Å². The molecule has 0 bridgehead atoms. The molecule has 28 heavy (non-hydrogen) atoms. The fourth-order valence-electron chi connectivity index (χ4n) is 3.53. The van der Waals surface area contributed by atoms with Crippen LogP contribution in [0.15, 0.2) is 54.6 Å². The van der Waals surface area contributed by atoms with Crippen molar-refractivity contribution >= 4 is 40.9 Å². The van der Waals surface area contributed by atoms with E-state index in [1.54, 1.807) is 61.5 Å². The highest BCUT2D eigenvalue weighted by Gasteiger charge is 2.53. The van der Waals surface area contributed by atoms with Crippen molar-refractivity contribution in [3.8, 4) is 0 Å². The van der Waals surface area contributed by atoms with Crippen molar-refractivity contribution in [1.82, 2.24) is 0 Å². The molecule has 0 fully saturated rings. The Kier molecular flexibility index (Phi) is 6.11. The molecule has 0 aromatic heterocycles. The van der Waals surface area contributed by atoms with Crippen LogP contribution in [0.3, 0.4) is 0 Å². The van der Waals surface area contributed by atoms with Gasteiger partial charge in [0.15, 0.2) is 0 Å². The Hall–Kier alpha value is -2.30. The molecule has 0 spiro atoms. The van der Waals surface area contributed by atoms with Gasteiger partial charge in [0.2, 0.25) is 0 Å². The monoisotopic (exact) mass is 418 g/mol. The number of carbonyl (C=O) groups is 2. The van der Waals surface area contributed by atoms with Gasteiger partial charge in [-0.15, -0.1) is 0 Å². The lowest BCUT2D eigenvalue weighted by molar-refractivity contribution is -0.159. The van der Waals surface area contributed by atoms with E-state index >= 15 is 0 Å². The van der Waals surface area contributed by atoms with E-state index in [0.717, 1.165) is 0 Å². The third-order valence-electron chi connectivity index (χ3n) is 5.00. The first-order chi connectivity index (χ1) is 13.4. The van der Waals surface area contributed by atoms with Crippen LogP contribution < -0.4 is 0 Å². The first kappa shape index (κ1) is 20.4. The summed E-state index contributed by atoms with van der Waals surface area (Å²) in [5.74, 6) is -1.48. The number of hydrogen-bond donors (Lipinski definition) is 0. The van der Waals surface area contributed by atoms with E-state index < -0.39 is 23.3 Å². The molecule has 1 aliphatic rings. The van der Waals surface area contributed by atoms with E-state index in [-0.39, 0.29) is 6.61 Å². The number of benzene rings is 2. The number of hydrogen-bond acceptors (Lipinski definition) is 4. The molecule has 2 aromatic rings. The van der Waals surface area contributed by atoms with Crippen LogP contribution in [0.25, 0.3) is 5.76 Å². The van der Waals surface area contributed by atoms with Crippen LogP contribution in [0.5, 0.6) is 0 Å². The van der Waals surface area contributed by atoms with Gasteiger partial charge in [-0.1, -0.05) is 42.3 Å². The normalized spacial score (nSPS) is 21.6. The van der Waals surface area contributed by atoms with Gasteiger partial charge in [-0.3, -0.25) is 9.59 Å². The van der Waals surface area contributed by atoms with Gasteiger partial charge in [0.25, 0.3) is 0 Å². The van der Waals surface area contributed by atoms with Crippen LogP contribution in [0, 0.1) is 5.92 Å². The molecule has 0 saturated heterocycles. The molecule has 4 nitrogen and oxygen atoms in total. The summed E-state index contributed by atoms with van der Waals surface area (Å²) in [6.07, 6.45) is 2.03. The summed E-state index contributed by atoms with van der Waals surface area (Å²) in [4.78, 5) is 26.1. The van der Waals surface area contributed by atoms with Gasteiger partial charge in [0, 0.05) is 15.6 Å². The predicted octanol–water partition coefficient (Wildman–Crippen LogP) is 5.42. The molecule has 0 N–H and O–H groups in total. The third kappa shape index (κ3) is 3.67. The Bertz CT molecular complexity index is 903. The van der Waals surface area contributed by atoms with Gasteiger partial charge in [-0.2, -0.15) is 0 Å². The highest BCUT2D eigenvalue weighted by atomic mass is 35.5. The maximum Gasteiger partial charge on any atom is 0.323 e. The number of cyclic esters (lactones) is 1. The molecule has 0 amide bonds. The van der Waals surface area contributed by atoms with Crippen molar-refractivity contribution in [2.45, 2.75) is 25.7 Å². The van der Waals surface area contributed by atoms with E-state index in [9.17, 15) is 9.59 Å². The molecule has 1 heterocycles. The van der Waals surface area contributed by atoms with Gasteiger partial charge >= 0.3 is 11.9 Å². The number of carbonyl (C=O) groups excluding carboxylic acids is 2. The highest BCUT2D eigenvalue weighted by molar-refractivity contribution is 6.30. The number of halogens is 2. The molecule has 146 valence electrons. The Morgan fingerprint density at radius 2 is 1.61 bits per heavy atom. The van der Waals surface area contributed by atoms with E-state index in [4.69, 9.17) is 32.7 Å². The van der Waals surface area contributed by atoms with Crippen LogP contribution >= 0.6 is 23.2 Å². The summed E-state index contributed by atoms with van der Waals surface area (Å²) >= 11 is 12.0. The van der Waals surface area contributed by atoms with Crippen LogP contribution in [-0.2, 0) is 24.5 Å². The predicted molar refractivity (Wildman–Crippen MR) is 109 cm³/mol. The van der Waals surface area contributed by atoms with E-state index in [1.807, 2.05) is 6.92 Å². The molecule has 3 rings (SSSR count). The minimum absolute atomic E-state index is 0.217. The Morgan fingerprint density at radius 3 is 2.14 bits per heavy atom. The molecule has 0 aliphatic carbocycles. The van der Waals surface area contributed by atoms with Gasteiger partial charge in [-0.25, -0.2) is 0 Å². The van der Waals surface area contributed by atoms with Crippen molar-refractivity contribution in [2.75, 3.05) is 6.61 Å². The molecular formula is C22H20Cl2O4. The topological polar surface area (TPSA) is 52.6 Å². The van der Waals surface area contributed by atoms with Crippen LogP contribution in [0.4, 0.5) is 0 Å². The second-order valence-electron chi connectivity index (χ2n) is 6.49. The SMILES string of the molecule is CCOC(=O)[C@H]1C=C(c2ccc(Cl)cc2)OC(=O)[C@@]1(CC)c1ccc(Cl)cc1. The Morgan fingerprint density at radius 1 is 1.04 bits per heavy atom.